The topological polar surface area (TPSA) is 74.9 Å². The van der Waals surface area contributed by atoms with Crippen LogP contribution in [-0.2, 0) is 23.5 Å². The van der Waals surface area contributed by atoms with E-state index in [-0.39, 0.29) is 42.9 Å². The number of imidazole rings is 1. The molecule has 2 aliphatic rings. The van der Waals surface area contributed by atoms with Crippen molar-refractivity contribution in [3.8, 4) is 0 Å². The molecule has 5 rings (SSSR count). The first-order valence-corrected chi connectivity index (χ1v) is 12.4. The Balaban J connectivity index is 1.65. The van der Waals surface area contributed by atoms with E-state index in [1.165, 1.54) is 6.33 Å². The summed E-state index contributed by atoms with van der Waals surface area (Å²) in [7, 11) is 0. The van der Waals surface area contributed by atoms with E-state index in [0.29, 0.717) is 17.7 Å². The largest absolute Gasteiger partial charge is 0.453 e. The summed E-state index contributed by atoms with van der Waals surface area (Å²) in [4.78, 5) is 8.45. The smallest absolute Gasteiger partial charge is 0.416 e. The number of hydroxylamine groups is 2. The van der Waals surface area contributed by atoms with Crippen LogP contribution in [0.3, 0.4) is 0 Å². The van der Waals surface area contributed by atoms with E-state index in [2.05, 4.69) is 15.3 Å². The summed E-state index contributed by atoms with van der Waals surface area (Å²) in [6.07, 6.45) is -4.80. The van der Waals surface area contributed by atoms with Crippen molar-refractivity contribution in [3.05, 3.63) is 95.1 Å². The zero-order valence-electron chi connectivity index (χ0n) is 21.1. The maximum absolute atomic E-state index is 13.6. The van der Waals surface area contributed by atoms with Crippen LogP contribution in [0.15, 0.2) is 72.3 Å². The second-order valence-corrected chi connectivity index (χ2v) is 9.63. The number of aromatic nitrogens is 2. The molecule has 1 aromatic heterocycles. The SMILES string of the molecule is Cc1ccccc1C1=CC(n2ccnc2)OC2=NCNCC2C(Cc2cc(C(F)(F)F)cc(C(F)(F)F)c2)N1O. The lowest BCUT2D eigenvalue weighted by atomic mass is 9.89. The van der Waals surface area contributed by atoms with Crippen LogP contribution in [-0.4, -0.2) is 45.0 Å². The fourth-order valence-electron chi connectivity index (χ4n) is 4.95. The van der Waals surface area contributed by atoms with Crippen molar-refractivity contribution in [2.45, 2.75) is 38.0 Å². The van der Waals surface area contributed by atoms with Crippen molar-refractivity contribution in [2.24, 2.45) is 10.9 Å². The number of benzene rings is 2. The molecule has 7 nitrogen and oxygen atoms in total. The van der Waals surface area contributed by atoms with Crippen molar-refractivity contribution in [2.75, 3.05) is 13.2 Å². The van der Waals surface area contributed by atoms with Crippen LogP contribution in [0, 0.1) is 12.8 Å². The molecule has 0 spiro atoms. The number of nitrogens with zero attached hydrogens (tertiary/aromatic N) is 4. The van der Waals surface area contributed by atoms with Crippen LogP contribution in [0.1, 0.15) is 34.0 Å². The second kappa shape index (κ2) is 10.6. The molecule has 0 saturated carbocycles. The highest BCUT2D eigenvalue weighted by atomic mass is 19.4. The summed E-state index contributed by atoms with van der Waals surface area (Å²) in [6, 6.07) is 7.56. The Hall–Kier alpha value is -3.84. The summed E-state index contributed by atoms with van der Waals surface area (Å²) in [5.74, 6) is -0.508. The minimum atomic E-state index is -5.00. The van der Waals surface area contributed by atoms with Crippen molar-refractivity contribution in [1.82, 2.24) is 19.9 Å². The first-order valence-electron chi connectivity index (χ1n) is 12.4. The third-order valence-electron chi connectivity index (χ3n) is 6.93. The molecule has 2 N–H and O–H groups in total. The molecule has 3 unspecified atom stereocenters. The van der Waals surface area contributed by atoms with Gasteiger partial charge in [-0.2, -0.15) is 26.3 Å². The minimum absolute atomic E-state index is 0.0882. The predicted octanol–water partition coefficient (Wildman–Crippen LogP) is 5.68. The molecule has 3 aromatic rings. The standard InChI is InChI=1S/C27H25F6N5O2/c1-16-4-2-3-5-20(16)23-12-24(37-7-6-34-15-37)40-25-21(13-35-14-36-25)22(38(23)39)10-17-8-18(26(28,29)30)11-19(9-17)27(31,32)33/h2-9,11-12,15,21-22,24,35,39H,10,13-14H2,1H3. The number of nitrogens with one attached hydrogen (secondary N) is 1. The quantitative estimate of drug-likeness (QED) is 0.399. The van der Waals surface area contributed by atoms with E-state index in [1.807, 2.05) is 19.1 Å². The highest BCUT2D eigenvalue weighted by molar-refractivity contribution is 5.82. The molecule has 13 heteroatoms. The minimum Gasteiger partial charge on any atom is -0.453 e. The van der Waals surface area contributed by atoms with Crippen LogP contribution < -0.4 is 5.32 Å². The highest BCUT2D eigenvalue weighted by Crippen LogP contribution is 2.38. The predicted molar refractivity (Wildman–Crippen MR) is 133 cm³/mol. The fourth-order valence-corrected chi connectivity index (χ4v) is 4.95. The number of hydrogen-bond acceptors (Lipinski definition) is 6. The second-order valence-electron chi connectivity index (χ2n) is 9.63. The third-order valence-corrected chi connectivity index (χ3v) is 6.93. The maximum atomic E-state index is 13.6. The number of alkyl halides is 6. The first-order chi connectivity index (χ1) is 18.9. The zero-order chi connectivity index (χ0) is 28.7. The lowest BCUT2D eigenvalue weighted by Crippen LogP contribution is -2.51. The van der Waals surface area contributed by atoms with Gasteiger partial charge in [-0.15, -0.1) is 0 Å². The number of aryl methyl sites for hydroxylation is 1. The summed E-state index contributed by atoms with van der Waals surface area (Å²) in [5, 5.41) is 15.7. The van der Waals surface area contributed by atoms with Gasteiger partial charge in [0, 0.05) is 30.6 Å². The molecule has 0 radical (unpaired) electrons. The molecule has 0 saturated heterocycles. The number of halogens is 6. The van der Waals surface area contributed by atoms with Gasteiger partial charge in [0.1, 0.15) is 0 Å². The Morgan fingerprint density at radius 1 is 1.05 bits per heavy atom. The summed E-state index contributed by atoms with van der Waals surface area (Å²) in [6.45, 7) is 2.22. The zero-order valence-corrected chi connectivity index (χ0v) is 21.1. The van der Waals surface area contributed by atoms with E-state index in [1.54, 1.807) is 35.2 Å². The molecule has 3 heterocycles. The molecule has 0 amide bonds. The molecule has 212 valence electrons. The first kappa shape index (κ1) is 27.7. The Bertz CT molecular complexity index is 1390. The maximum Gasteiger partial charge on any atom is 0.416 e. The Kier molecular flexibility index (Phi) is 7.36. The van der Waals surface area contributed by atoms with E-state index in [0.717, 1.165) is 10.6 Å². The molecule has 0 bridgehead atoms. The molecular formula is C27H25F6N5O2. The summed E-state index contributed by atoms with van der Waals surface area (Å²) >= 11 is 0. The van der Waals surface area contributed by atoms with Gasteiger partial charge in [-0.05, 0) is 42.7 Å². The molecule has 3 atom stereocenters. The Labute approximate surface area is 225 Å². The van der Waals surface area contributed by atoms with Gasteiger partial charge in [-0.3, -0.25) is 20.2 Å². The monoisotopic (exact) mass is 565 g/mol. The lowest BCUT2D eigenvalue weighted by molar-refractivity contribution is -0.143. The van der Waals surface area contributed by atoms with Crippen molar-refractivity contribution in [1.29, 1.82) is 0 Å². The molecule has 0 aliphatic carbocycles. The van der Waals surface area contributed by atoms with E-state index in [9.17, 15) is 31.5 Å². The van der Waals surface area contributed by atoms with Gasteiger partial charge in [0.25, 0.3) is 0 Å². The number of aliphatic imine (C=N–C) groups is 1. The van der Waals surface area contributed by atoms with Crippen LogP contribution >= 0.6 is 0 Å². The van der Waals surface area contributed by atoms with Gasteiger partial charge in [0.05, 0.1) is 41.8 Å². The number of hydrogen-bond donors (Lipinski definition) is 2. The van der Waals surface area contributed by atoms with Crippen molar-refractivity contribution in [3.63, 3.8) is 0 Å². The van der Waals surface area contributed by atoms with E-state index >= 15 is 0 Å². The normalized spacial score (nSPS) is 22.0. The van der Waals surface area contributed by atoms with E-state index in [4.69, 9.17) is 4.74 Å². The Morgan fingerprint density at radius 3 is 2.38 bits per heavy atom. The molecule has 0 fully saturated rings. The van der Waals surface area contributed by atoms with Gasteiger partial charge in [-0.25, -0.2) is 9.98 Å². The number of ether oxygens (including phenoxy) is 1. The van der Waals surface area contributed by atoms with Gasteiger partial charge >= 0.3 is 12.4 Å². The van der Waals surface area contributed by atoms with Crippen LogP contribution in [0.4, 0.5) is 26.3 Å². The third kappa shape index (κ3) is 5.70. The Morgan fingerprint density at radius 2 is 1.75 bits per heavy atom. The van der Waals surface area contributed by atoms with Gasteiger partial charge in [0.15, 0.2) is 12.1 Å². The molecular weight excluding hydrogens is 540 g/mol. The number of fused-ring (bicyclic) bond motifs is 1. The summed E-state index contributed by atoms with van der Waals surface area (Å²) < 4.78 is 89.5. The van der Waals surface area contributed by atoms with Crippen LogP contribution in [0.5, 0.6) is 0 Å². The van der Waals surface area contributed by atoms with Crippen molar-refractivity contribution >= 4 is 11.6 Å². The average Bonchev–Trinajstić information content (AvgIpc) is 3.43. The van der Waals surface area contributed by atoms with E-state index < -0.39 is 41.7 Å². The lowest BCUT2D eigenvalue weighted by Gasteiger charge is -2.40. The fraction of sp³-hybridized carbons (Fsp3) is 0.333. The van der Waals surface area contributed by atoms with Crippen LogP contribution in [0.2, 0.25) is 0 Å². The number of rotatable bonds is 4. The van der Waals surface area contributed by atoms with Gasteiger partial charge < -0.3 is 4.74 Å². The molecule has 2 aromatic carbocycles. The summed E-state index contributed by atoms with van der Waals surface area (Å²) in [5.41, 5.74) is -1.43. The average molecular weight is 566 g/mol. The van der Waals surface area contributed by atoms with Crippen LogP contribution in [0.25, 0.3) is 5.70 Å². The van der Waals surface area contributed by atoms with Crippen molar-refractivity contribution < 1.29 is 36.3 Å². The van der Waals surface area contributed by atoms with Gasteiger partial charge in [-0.1, -0.05) is 24.3 Å². The molecule has 2 aliphatic heterocycles. The molecule has 40 heavy (non-hydrogen) atoms. The highest BCUT2D eigenvalue weighted by Gasteiger charge is 2.41. The van der Waals surface area contributed by atoms with Gasteiger partial charge in [0.2, 0.25) is 0 Å².